The molecule has 35 heavy (non-hydrogen) atoms. The Bertz CT molecular complexity index is 1100. The van der Waals surface area contributed by atoms with Gasteiger partial charge in [0.2, 0.25) is 5.91 Å². The summed E-state index contributed by atoms with van der Waals surface area (Å²) in [6.07, 6.45) is 3.49. The number of aromatic nitrogens is 1. The van der Waals surface area contributed by atoms with Gasteiger partial charge in [0.15, 0.2) is 16.6 Å². The third-order valence-corrected chi connectivity index (χ3v) is 7.50. The Balaban J connectivity index is 1.24. The highest BCUT2D eigenvalue weighted by Crippen LogP contribution is 2.35. The van der Waals surface area contributed by atoms with Gasteiger partial charge < -0.3 is 14.8 Å². The Hall–Kier alpha value is -2.55. The van der Waals surface area contributed by atoms with Crippen LogP contribution in [0, 0.1) is 0 Å². The maximum Gasteiger partial charge on any atom is 0.226 e. The zero-order chi connectivity index (χ0) is 24.5. The van der Waals surface area contributed by atoms with Crippen molar-refractivity contribution in [1.29, 1.82) is 0 Å². The van der Waals surface area contributed by atoms with E-state index in [0.29, 0.717) is 31.2 Å². The zero-order valence-corrected chi connectivity index (χ0v) is 22.1. The van der Waals surface area contributed by atoms with Crippen LogP contribution in [0.25, 0.3) is 11.3 Å². The van der Waals surface area contributed by atoms with Crippen molar-refractivity contribution in [2.24, 2.45) is 0 Å². The molecule has 0 unspecified atom stereocenters. The summed E-state index contributed by atoms with van der Waals surface area (Å²) < 4.78 is 11.2. The van der Waals surface area contributed by atoms with E-state index in [1.807, 2.05) is 35.3 Å². The van der Waals surface area contributed by atoms with Crippen molar-refractivity contribution in [3.63, 3.8) is 0 Å². The molecule has 0 saturated carbocycles. The lowest BCUT2D eigenvalue weighted by Crippen LogP contribution is -2.24. The first-order valence-corrected chi connectivity index (χ1v) is 14.1. The maximum atomic E-state index is 12.5. The molecule has 0 radical (unpaired) electrons. The van der Waals surface area contributed by atoms with Gasteiger partial charge in [-0.15, -0.1) is 23.1 Å². The molecule has 186 valence electrons. The van der Waals surface area contributed by atoms with Crippen molar-refractivity contribution in [3.8, 4) is 22.8 Å². The number of hydrogen-bond acceptors (Lipinski definition) is 7. The van der Waals surface area contributed by atoms with E-state index in [1.54, 1.807) is 0 Å². The van der Waals surface area contributed by atoms with Crippen LogP contribution in [0.2, 0.25) is 0 Å². The molecule has 0 aliphatic carbocycles. The number of hydrogen-bond donors (Lipinski definition) is 1. The molecular weight excluding hydrogens is 478 g/mol. The molecule has 1 N–H and O–H groups in total. The molecule has 0 atom stereocenters. The zero-order valence-electron chi connectivity index (χ0n) is 20.4. The number of fused-ring (bicyclic) bond motifs is 1. The number of benzene rings is 2. The summed E-state index contributed by atoms with van der Waals surface area (Å²) >= 11 is 3.30. The molecule has 0 fully saturated rings. The van der Waals surface area contributed by atoms with E-state index in [2.05, 4.69) is 53.3 Å². The number of nitrogens with one attached hydrogen (secondary N) is 1. The third-order valence-electron chi connectivity index (χ3n) is 5.65. The summed E-state index contributed by atoms with van der Waals surface area (Å²) in [6, 6.07) is 14.4. The number of ether oxygens (including phenoxy) is 2. The van der Waals surface area contributed by atoms with E-state index in [-0.39, 0.29) is 5.91 Å². The van der Waals surface area contributed by atoms with E-state index >= 15 is 0 Å². The summed E-state index contributed by atoms with van der Waals surface area (Å²) in [5.74, 6) is 2.48. The number of anilines is 1. The average molecular weight is 512 g/mol. The Morgan fingerprint density at radius 1 is 1.06 bits per heavy atom. The molecule has 1 aromatic heterocycles. The van der Waals surface area contributed by atoms with Gasteiger partial charge in [0.25, 0.3) is 0 Å². The highest BCUT2D eigenvalue weighted by Gasteiger charge is 2.14. The molecule has 0 spiro atoms. The van der Waals surface area contributed by atoms with Crippen LogP contribution in [0.3, 0.4) is 0 Å². The topological polar surface area (TPSA) is 63.7 Å². The van der Waals surface area contributed by atoms with Crippen molar-refractivity contribution in [1.82, 2.24) is 9.88 Å². The molecule has 2 heterocycles. The van der Waals surface area contributed by atoms with Crippen LogP contribution in [0.15, 0.2) is 52.7 Å². The van der Waals surface area contributed by atoms with Crippen LogP contribution in [-0.4, -0.2) is 48.0 Å². The number of thiazole rings is 1. The SMILES string of the molecule is CCCN(CCC)CSc1ccc(CCC(=O)Nc2nc(-c3ccc4c(c3)OCCO4)cs2)cc1. The third kappa shape index (κ3) is 7.46. The van der Waals surface area contributed by atoms with E-state index in [1.165, 1.54) is 34.6 Å². The minimum absolute atomic E-state index is 0.0266. The number of nitrogens with zero attached hydrogens (tertiary/aromatic N) is 2. The summed E-state index contributed by atoms with van der Waals surface area (Å²) in [7, 11) is 0. The summed E-state index contributed by atoms with van der Waals surface area (Å²) in [6.45, 7) is 7.86. The standard InChI is InChI=1S/C27H33N3O3S2/c1-3-13-30(14-4-2)19-35-22-9-5-20(6-10-22)7-12-26(31)29-27-28-23(18-34-27)21-8-11-24-25(17-21)33-16-15-32-24/h5-6,8-11,17-18H,3-4,7,12-16,19H2,1-2H3,(H,28,29,31). The number of amides is 1. The minimum Gasteiger partial charge on any atom is -0.486 e. The summed E-state index contributed by atoms with van der Waals surface area (Å²) in [5, 5.41) is 5.49. The summed E-state index contributed by atoms with van der Waals surface area (Å²) in [5.41, 5.74) is 2.92. The van der Waals surface area contributed by atoms with Crippen LogP contribution < -0.4 is 14.8 Å². The molecule has 3 aromatic rings. The maximum absolute atomic E-state index is 12.5. The quantitative estimate of drug-likeness (QED) is 0.227. The first-order valence-electron chi connectivity index (χ1n) is 12.2. The van der Waals surface area contributed by atoms with Crippen molar-refractivity contribution >= 4 is 34.1 Å². The van der Waals surface area contributed by atoms with Gasteiger partial charge in [0.1, 0.15) is 13.2 Å². The van der Waals surface area contributed by atoms with Gasteiger partial charge in [-0.1, -0.05) is 26.0 Å². The van der Waals surface area contributed by atoms with Crippen molar-refractivity contribution in [2.75, 3.05) is 37.5 Å². The van der Waals surface area contributed by atoms with Gasteiger partial charge in [-0.3, -0.25) is 9.69 Å². The van der Waals surface area contributed by atoms with Gasteiger partial charge in [-0.05, 0) is 68.2 Å². The molecule has 6 nitrogen and oxygen atoms in total. The Labute approximate surface area is 216 Å². The second-order valence-electron chi connectivity index (χ2n) is 8.48. The minimum atomic E-state index is -0.0266. The molecule has 0 saturated heterocycles. The second-order valence-corrected chi connectivity index (χ2v) is 10.4. The molecular formula is C27H33N3O3S2. The molecule has 4 rings (SSSR count). The number of aryl methyl sites for hydroxylation is 1. The molecule has 8 heteroatoms. The lowest BCUT2D eigenvalue weighted by atomic mass is 10.1. The fraction of sp³-hybridized carbons (Fsp3) is 0.407. The van der Waals surface area contributed by atoms with Crippen molar-refractivity contribution in [3.05, 3.63) is 53.4 Å². The summed E-state index contributed by atoms with van der Waals surface area (Å²) in [4.78, 5) is 20.8. The van der Waals surface area contributed by atoms with Crippen molar-refractivity contribution < 1.29 is 14.3 Å². The predicted molar refractivity (Wildman–Crippen MR) is 145 cm³/mol. The second kappa shape index (κ2) is 13.0. The van der Waals surface area contributed by atoms with Crippen LogP contribution >= 0.6 is 23.1 Å². The van der Waals surface area contributed by atoms with Gasteiger partial charge in [-0.25, -0.2) is 4.98 Å². The van der Waals surface area contributed by atoms with Gasteiger partial charge in [-0.2, -0.15) is 0 Å². The lowest BCUT2D eigenvalue weighted by Gasteiger charge is -2.20. The monoisotopic (exact) mass is 511 g/mol. The largest absolute Gasteiger partial charge is 0.486 e. The van der Waals surface area contributed by atoms with Crippen LogP contribution in [0.4, 0.5) is 5.13 Å². The molecule has 1 aliphatic heterocycles. The number of thioether (sulfide) groups is 1. The van der Waals surface area contributed by atoms with Gasteiger partial charge in [0, 0.05) is 28.1 Å². The van der Waals surface area contributed by atoms with E-state index in [9.17, 15) is 4.79 Å². The number of carbonyl (C=O) groups excluding carboxylic acids is 1. The molecule has 1 aliphatic rings. The van der Waals surface area contributed by atoms with Gasteiger partial charge >= 0.3 is 0 Å². The average Bonchev–Trinajstić information content (AvgIpc) is 3.35. The normalized spacial score (nSPS) is 12.7. The first-order chi connectivity index (χ1) is 17.1. The fourth-order valence-electron chi connectivity index (χ4n) is 3.90. The Morgan fingerprint density at radius 3 is 2.54 bits per heavy atom. The molecule has 0 bridgehead atoms. The lowest BCUT2D eigenvalue weighted by molar-refractivity contribution is -0.116. The highest BCUT2D eigenvalue weighted by atomic mass is 32.2. The van der Waals surface area contributed by atoms with E-state index in [4.69, 9.17) is 9.47 Å². The Kier molecular flexibility index (Phi) is 9.45. The molecule has 2 aromatic carbocycles. The van der Waals surface area contributed by atoms with Crippen molar-refractivity contribution in [2.45, 2.75) is 44.4 Å². The van der Waals surface area contributed by atoms with Crippen LogP contribution in [0.5, 0.6) is 11.5 Å². The Morgan fingerprint density at radius 2 is 1.80 bits per heavy atom. The van der Waals surface area contributed by atoms with E-state index < -0.39 is 0 Å². The highest BCUT2D eigenvalue weighted by molar-refractivity contribution is 7.99. The van der Waals surface area contributed by atoms with Crippen LogP contribution in [0.1, 0.15) is 38.7 Å². The first kappa shape index (κ1) is 25.5. The van der Waals surface area contributed by atoms with Gasteiger partial charge in [0.05, 0.1) is 5.69 Å². The smallest absolute Gasteiger partial charge is 0.226 e. The van der Waals surface area contributed by atoms with E-state index in [0.717, 1.165) is 41.7 Å². The number of rotatable bonds is 12. The fourth-order valence-corrected chi connectivity index (χ4v) is 5.55. The predicted octanol–water partition coefficient (Wildman–Crippen LogP) is 6.32. The number of carbonyl (C=O) groups is 1. The van der Waals surface area contributed by atoms with Crippen LogP contribution in [-0.2, 0) is 11.2 Å². The molecule has 1 amide bonds.